The van der Waals surface area contributed by atoms with E-state index >= 15 is 0 Å². The highest BCUT2D eigenvalue weighted by atomic mass is 16.5. The second-order valence-corrected chi connectivity index (χ2v) is 5.23. The van der Waals surface area contributed by atoms with E-state index in [-0.39, 0.29) is 12.3 Å². The Bertz CT molecular complexity index is 743. The van der Waals surface area contributed by atoms with Gasteiger partial charge in [-0.3, -0.25) is 5.43 Å². The molecule has 2 aromatic rings. The van der Waals surface area contributed by atoms with Crippen molar-refractivity contribution >= 4 is 23.3 Å². The summed E-state index contributed by atoms with van der Waals surface area (Å²) in [5.74, 6) is 0.835. The first-order valence-electron chi connectivity index (χ1n) is 8.18. The Morgan fingerprint density at radius 2 is 2.23 bits per heavy atom. The van der Waals surface area contributed by atoms with E-state index in [0.717, 1.165) is 18.9 Å². The first-order chi connectivity index (χ1) is 12.8. The number of nitrogens with zero attached hydrogens (tertiary/aromatic N) is 6. The van der Waals surface area contributed by atoms with E-state index in [1.54, 1.807) is 13.1 Å². The van der Waals surface area contributed by atoms with Gasteiger partial charge in [0.05, 0.1) is 38.4 Å². The number of ether oxygens (including phenoxy) is 2. The maximum Gasteiger partial charge on any atom is 0.358 e. The van der Waals surface area contributed by atoms with Crippen molar-refractivity contribution in [2.45, 2.75) is 6.92 Å². The molecule has 3 heterocycles. The largest absolute Gasteiger partial charge is 0.461 e. The van der Waals surface area contributed by atoms with Crippen molar-refractivity contribution < 1.29 is 14.3 Å². The number of morpholine rings is 1. The fourth-order valence-electron chi connectivity index (χ4n) is 2.32. The summed E-state index contributed by atoms with van der Waals surface area (Å²) in [5, 5.41) is 7.50. The maximum absolute atomic E-state index is 12.1. The number of rotatable bonds is 7. The van der Waals surface area contributed by atoms with Crippen molar-refractivity contribution in [2.24, 2.45) is 0 Å². The van der Waals surface area contributed by atoms with Gasteiger partial charge in [-0.2, -0.15) is 0 Å². The number of hydrazine groups is 1. The van der Waals surface area contributed by atoms with Gasteiger partial charge < -0.3 is 19.8 Å². The summed E-state index contributed by atoms with van der Waals surface area (Å²) in [5.41, 5.74) is 5.91. The van der Waals surface area contributed by atoms with Crippen LogP contribution < -0.4 is 15.8 Å². The summed E-state index contributed by atoms with van der Waals surface area (Å²) in [4.78, 5) is 22.6. The van der Waals surface area contributed by atoms with Crippen LogP contribution in [0.1, 0.15) is 6.92 Å². The van der Waals surface area contributed by atoms with Crippen LogP contribution in [0.2, 0.25) is 0 Å². The fraction of sp³-hybridized carbons (Fsp3) is 0.400. The molecule has 0 bridgehead atoms. The zero-order valence-corrected chi connectivity index (χ0v) is 14.3. The summed E-state index contributed by atoms with van der Waals surface area (Å²) >= 11 is 0. The third kappa shape index (κ3) is 4.45. The third-order valence-corrected chi connectivity index (χ3v) is 3.55. The van der Waals surface area contributed by atoms with Gasteiger partial charge in [-0.15, -0.1) is 5.10 Å². The third-order valence-electron chi connectivity index (χ3n) is 3.55. The Morgan fingerprint density at radius 1 is 1.38 bits per heavy atom. The van der Waals surface area contributed by atoms with E-state index in [1.807, 2.05) is 6.07 Å². The van der Waals surface area contributed by atoms with E-state index in [2.05, 4.69) is 36.0 Å². The Balaban J connectivity index is 1.66. The second kappa shape index (κ2) is 8.76. The summed E-state index contributed by atoms with van der Waals surface area (Å²) in [6.45, 7) is 4.90. The number of hydrogen-bond acceptors (Lipinski definition) is 10. The molecule has 1 aliphatic rings. The Kier molecular flexibility index (Phi) is 5.93. The van der Waals surface area contributed by atoms with Crippen LogP contribution in [0.3, 0.4) is 0 Å². The second-order valence-electron chi connectivity index (χ2n) is 5.23. The van der Waals surface area contributed by atoms with Crippen LogP contribution in [-0.4, -0.2) is 63.8 Å². The van der Waals surface area contributed by atoms with E-state index in [4.69, 9.17) is 9.47 Å². The topological polar surface area (TPSA) is 119 Å². The molecule has 0 aromatic carbocycles. The highest BCUT2D eigenvalue weighted by molar-refractivity contribution is 6.09. The monoisotopic (exact) mass is 360 g/mol. The normalized spacial score (nSPS) is 14.8. The summed E-state index contributed by atoms with van der Waals surface area (Å²) in [6.07, 6.45) is 5.93. The minimum atomic E-state index is -0.524. The highest BCUT2D eigenvalue weighted by Crippen LogP contribution is 2.15. The maximum atomic E-state index is 12.1. The molecule has 2 aromatic heterocycles. The molecule has 0 amide bonds. The minimum Gasteiger partial charge on any atom is -0.461 e. The predicted octanol–water partition coefficient (Wildman–Crippen LogP) is -0.117. The van der Waals surface area contributed by atoms with Crippen molar-refractivity contribution in [1.29, 1.82) is 0 Å². The smallest absolute Gasteiger partial charge is 0.358 e. The zero-order chi connectivity index (χ0) is 18.2. The molecule has 0 aliphatic carbocycles. The molecule has 11 nitrogen and oxygen atoms in total. The molecule has 26 heavy (non-hydrogen) atoms. The molecule has 1 fully saturated rings. The summed E-state index contributed by atoms with van der Waals surface area (Å²) in [6, 6.07) is 1.81. The molecule has 138 valence electrons. The van der Waals surface area contributed by atoms with Gasteiger partial charge in [0, 0.05) is 19.2 Å². The minimum absolute atomic E-state index is 0.180. The molecule has 0 spiro atoms. The van der Waals surface area contributed by atoms with Crippen LogP contribution in [0.4, 0.5) is 11.6 Å². The van der Waals surface area contributed by atoms with E-state index in [0.29, 0.717) is 19.0 Å². The van der Waals surface area contributed by atoms with E-state index in [9.17, 15) is 4.79 Å². The Hall–Kier alpha value is -3.21. The summed E-state index contributed by atoms with van der Waals surface area (Å²) in [7, 11) is 0. The first kappa shape index (κ1) is 17.6. The lowest BCUT2D eigenvalue weighted by Gasteiger charge is -2.27. The molecule has 2 N–H and O–H groups in total. The van der Waals surface area contributed by atoms with Crippen molar-refractivity contribution in [3.63, 3.8) is 0 Å². The van der Waals surface area contributed by atoms with Crippen LogP contribution in [0.15, 0.2) is 31.0 Å². The molecule has 0 unspecified atom stereocenters. The summed E-state index contributed by atoms with van der Waals surface area (Å²) < 4.78 is 11.7. The van der Waals surface area contributed by atoms with Gasteiger partial charge in [-0.05, 0) is 6.92 Å². The molecule has 11 heteroatoms. The lowest BCUT2D eigenvalue weighted by Crippen LogP contribution is -2.36. The number of aromatic nitrogens is 5. The van der Waals surface area contributed by atoms with Crippen molar-refractivity contribution in [3.05, 3.63) is 31.0 Å². The lowest BCUT2D eigenvalue weighted by atomic mass is 10.4. The first-order valence-corrected chi connectivity index (χ1v) is 8.18. The molecule has 1 saturated heterocycles. The van der Waals surface area contributed by atoms with Crippen LogP contribution in [0.5, 0.6) is 0 Å². The number of carbonyl (C=O) groups excluding carboxylic acids is 1. The SMILES string of the molecule is CCOC(=O)C(=CNNc1cc(N2CCOCC2)ncn1)n1ccnn1. The molecule has 1 aliphatic heterocycles. The zero-order valence-electron chi connectivity index (χ0n) is 14.3. The number of anilines is 2. The van der Waals surface area contributed by atoms with Crippen LogP contribution in [-0.2, 0) is 14.3 Å². The van der Waals surface area contributed by atoms with Crippen molar-refractivity contribution in [2.75, 3.05) is 43.2 Å². The Labute approximate surface area is 150 Å². The van der Waals surface area contributed by atoms with Crippen LogP contribution in [0.25, 0.3) is 5.70 Å². The van der Waals surface area contributed by atoms with E-state index in [1.165, 1.54) is 23.4 Å². The lowest BCUT2D eigenvalue weighted by molar-refractivity contribution is -0.136. The average molecular weight is 360 g/mol. The quantitative estimate of drug-likeness (QED) is 0.393. The predicted molar refractivity (Wildman–Crippen MR) is 92.8 cm³/mol. The molecular weight excluding hydrogens is 340 g/mol. The molecular formula is C15H20N8O3. The van der Waals surface area contributed by atoms with Crippen LogP contribution >= 0.6 is 0 Å². The van der Waals surface area contributed by atoms with Gasteiger partial charge in [0.1, 0.15) is 18.0 Å². The number of hydrogen-bond donors (Lipinski definition) is 2. The van der Waals surface area contributed by atoms with Gasteiger partial charge in [0.15, 0.2) is 5.70 Å². The molecule has 0 atom stereocenters. The van der Waals surface area contributed by atoms with Crippen LogP contribution in [0, 0.1) is 0 Å². The molecule has 3 rings (SSSR count). The van der Waals surface area contributed by atoms with Gasteiger partial charge in [-0.1, -0.05) is 5.21 Å². The standard InChI is InChI=1S/C15H20N8O3/c1-2-26-15(24)12(23-4-3-18-21-23)10-19-20-13-9-14(17-11-16-13)22-5-7-25-8-6-22/h3-4,9-11,19H,2,5-8H2,1H3,(H,16,17,20). The highest BCUT2D eigenvalue weighted by Gasteiger charge is 2.14. The van der Waals surface area contributed by atoms with Gasteiger partial charge >= 0.3 is 5.97 Å². The Morgan fingerprint density at radius 3 is 2.96 bits per heavy atom. The number of carbonyl (C=O) groups is 1. The van der Waals surface area contributed by atoms with Gasteiger partial charge in [0.25, 0.3) is 0 Å². The van der Waals surface area contributed by atoms with E-state index < -0.39 is 5.97 Å². The van der Waals surface area contributed by atoms with Gasteiger partial charge in [0.2, 0.25) is 0 Å². The van der Waals surface area contributed by atoms with Gasteiger partial charge in [-0.25, -0.2) is 19.4 Å². The van der Waals surface area contributed by atoms with Crippen molar-refractivity contribution in [3.8, 4) is 0 Å². The number of nitrogens with one attached hydrogen (secondary N) is 2. The van der Waals surface area contributed by atoms with Crippen molar-refractivity contribution in [1.82, 2.24) is 30.4 Å². The number of esters is 1. The molecule has 0 saturated carbocycles. The average Bonchev–Trinajstić information content (AvgIpc) is 3.21. The molecule has 0 radical (unpaired) electrons. The fourth-order valence-corrected chi connectivity index (χ4v) is 2.32.